The van der Waals surface area contributed by atoms with Gasteiger partial charge in [0.1, 0.15) is 5.82 Å². The van der Waals surface area contributed by atoms with Gasteiger partial charge in [-0.3, -0.25) is 4.79 Å². The lowest BCUT2D eigenvalue weighted by molar-refractivity contribution is -0.133. The highest BCUT2D eigenvalue weighted by atomic mass is 32.1. The van der Waals surface area contributed by atoms with Crippen LogP contribution in [0.15, 0.2) is 0 Å². The van der Waals surface area contributed by atoms with Gasteiger partial charge in [-0.2, -0.15) is 4.37 Å². The Morgan fingerprint density at radius 2 is 2.14 bits per heavy atom. The molecule has 21 heavy (non-hydrogen) atoms. The van der Waals surface area contributed by atoms with Gasteiger partial charge in [0, 0.05) is 43.7 Å². The molecule has 0 spiro atoms. The first-order valence-corrected chi connectivity index (χ1v) is 8.40. The molecule has 1 amide bonds. The predicted molar refractivity (Wildman–Crippen MR) is 81.6 cm³/mol. The van der Waals surface area contributed by atoms with Gasteiger partial charge < -0.3 is 15.0 Å². The van der Waals surface area contributed by atoms with Gasteiger partial charge in [-0.25, -0.2) is 4.98 Å². The minimum Gasteiger partial charge on any atom is -0.384 e. The van der Waals surface area contributed by atoms with E-state index in [1.807, 2.05) is 4.90 Å². The van der Waals surface area contributed by atoms with E-state index in [2.05, 4.69) is 14.7 Å². The highest BCUT2D eigenvalue weighted by Crippen LogP contribution is 2.39. The Labute approximate surface area is 129 Å². The van der Waals surface area contributed by atoms with E-state index in [0.717, 1.165) is 36.9 Å². The molecule has 6 nitrogen and oxygen atoms in total. The lowest BCUT2D eigenvalue weighted by atomic mass is 10.1. The van der Waals surface area contributed by atoms with E-state index in [1.54, 1.807) is 7.11 Å². The number of methoxy groups -OCH3 is 1. The molecule has 0 unspecified atom stereocenters. The van der Waals surface area contributed by atoms with Crippen molar-refractivity contribution in [2.75, 3.05) is 32.1 Å². The van der Waals surface area contributed by atoms with E-state index in [0.29, 0.717) is 25.0 Å². The van der Waals surface area contributed by atoms with E-state index in [1.165, 1.54) is 24.4 Å². The van der Waals surface area contributed by atoms with Crippen molar-refractivity contribution >= 4 is 22.6 Å². The van der Waals surface area contributed by atoms with Crippen molar-refractivity contribution in [2.45, 2.75) is 44.1 Å². The van der Waals surface area contributed by atoms with Crippen molar-refractivity contribution in [3.8, 4) is 0 Å². The van der Waals surface area contributed by atoms with Crippen LogP contribution in [0.25, 0.3) is 0 Å². The Balaban J connectivity index is 1.43. The molecule has 0 aromatic carbocycles. The van der Waals surface area contributed by atoms with Gasteiger partial charge in [0.2, 0.25) is 11.0 Å². The molecule has 2 aliphatic rings. The van der Waals surface area contributed by atoms with Gasteiger partial charge in [-0.15, -0.1) is 0 Å². The zero-order valence-electron chi connectivity index (χ0n) is 12.4. The number of carbonyl (C=O) groups is 1. The molecule has 1 aromatic heterocycles. The van der Waals surface area contributed by atoms with Crippen LogP contribution < -0.4 is 5.32 Å². The fourth-order valence-electron chi connectivity index (χ4n) is 2.60. The predicted octanol–water partition coefficient (Wildman–Crippen LogP) is 1.85. The molecule has 1 saturated heterocycles. The second-order valence-electron chi connectivity index (χ2n) is 5.77. The van der Waals surface area contributed by atoms with Crippen molar-refractivity contribution in [3.05, 3.63) is 5.82 Å². The number of ether oxygens (including phenoxy) is 1. The number of nitrogens with zero attached hydrogens (tertiary/aromatic N) is 3. The van der Waals surface area contributed by atoms with Crippen LogP contribution in [0.3, 0.4) is 0 Å². The van der Waals surface area contributed by atoms with Crippen LogP contribution >= 0.6 is 11.5 Å². The van der Waals surface area contributed by atoms with Crippen LogP contribution in [0.4, 0.5) is 5.13 Å². The summed E-state index contributed by atoms with van der Waals surface area (Å²) in [7, 11) is 1.63. The summed E-state index contributed by atoms with van der Waals surface area (Å²) in [5.41, 5.74) is 0. The topological polar surface area (TPSA) is 67.3 Å². The Hall–Kier alpha value is -1.21. The Kier molecular flexibility index (Phi) is 4.70. The van der Waals surface area contributed by atoms with E-state index in [-0.39, 0.29) is 5.91 Å². The molecule has 1 N–H and O–H groups in total. The van der Waals surface area contributed by atoms with Crippen LogP contribution in [-0.4, -0.2) is 53.0 Å². The number of hydrogen-bond donors (Lipinski definition) is 1. The molecule has 2 fully saturated rings. The molecule has 0 bridgehead atoms. The van der Waals surface area contributed by atoms with Crippen LogP contribution in [0.1, 0.15) is 43.8 Å². The number of piperidine rings is 1. The molecule has 1 saturated carbocycles. The Morgan fingerprint density at radius 3 is 2.81 bits per heavy atom. The number of anilines is 1. The van der Waals surface area contributed by atoms with E-state index >= 15 is 0 Å². The first-order valence-electron chi connectivity index (χ1n) is 7.63. The summed E-state index contributed by atoms with van der Waals surface area (Å²) < 4.78 is 9.37. The number of aromatic nitrogens is 2. The minimum absolute atomic E-state index is 0.197. The van der Waals surface area contributed by atoms with Gasteiger partial charge in [0.05, 0.1) is 13.0 Å². The number of hydrogen-bond acceptors (Lipinski definition) is 6. The second kappa shape index (κ2) is 6.70. The molecular weight excluding hydrogens is 288 g/mol. The lowest BCUT2D eigenvalue weighted by Gasteiger charge is -2.32. The number of amides is 1. The number of likely N-dealkylation sites (tertiary alicyclic amines) is 1. The van der Waals surface area contributed by atoms with E-state index in [9.17, 15) is 4.79 Å². The molecule has 1 aromatic rings. The maximum Gasteiger partial charge on any atom is 0.224 e. The van der Waals surface area contributed by atoms with Gasteiger partial charge in [0.15, 0.2) is 0 Å². The Bertz CT molecular complexity index is 481. The highest BCUT2D eigenvalue weighted by molar-refractivity contribution is 7.09. The van der Waals surface area contributed by atoms with Crippen molar-refractivity contribution in [1.29, 1.82) is 0 Å². The standard InChI is InChI=1S/C14H22N4O2S/c1-20-9-6-12(19)18-7-4-11(5-8-18)15-14-16-13(17-21-14)10-2-3-10/h10-11H,2-9H2,1H3,(H,15,16,17). The molecule has 3 rings (SSSR count). The molecule has 7 heteroatoms. The summed E-state index contributed by atoms with van der Waals surface area (Å²) in [5, 5.41) is 4.40. The van der Waals surface area contributed by atoms with Crippen LogP contribution in [-0.2, 0) is 9.53 Å². The first-order chi connectivity index (χ1) is 10.3. The number of nitrogens with one attached hydrogen (secondary N) is 1. The van der Waals surface area contributed by atoms with Gasteiger partial charge in [0.25, 0.3) is 0 Å². The highest BCUT2D eigenvalue weighted by Gasteiger charge is 2.28. The van der Waals surface area contributed by atoms with Crippen LogP contribution in [0.2, 0.25) is 0 Å². The van der Waals surface area contributed by atoms with Crippen LogP contribution in [0, 0.1) is 0 Å². The van der Waals surface area contributed by atoms with Gasteiger partial charge >= 0.3 is 0 Å². The summed E-state index contributed by atoms with van der Waals surface area (Å²) in [6.45, 7) is 2.13. The lowest BCUT2D eigenvalue weighted by Crippen LogP contribution is -2.42. The molecule has 0 atom stereocenters. The molecule has 0 radical (unpaired) electrons. The molecule has 1 aliphatic heterocycles. The molecule has 116 valence electrons. The smallest absolute Gasteiger partial charge is 0.224 e. The second-order valence-corrected chi connectivity index (χ2v) is 6.53. The van der Waals surface area contributed by atoms with Gasteiger partial charge in [-0.1, -0.05) is 0 Å². The first kappa shape index (κ1) is 14.7. The summed E-state index contributed by atoms with van der Waals surface area (Å²) >= 11 is 1.46. The third kappa shape index (κ3) is 3.91. The monoisotopic (exact) mass is 310 g/mol. The average molecular weight is 310 g/mol. The third-order valence-corrected chi connectivity index (χ3v) is 4.74. The molecular formula is C14H22N4O2S. The largest absolute Gasteiger partial charge is 0.384 e. The minimum atomic E-state index is 0.197. The van der Waals surface area contributed by atoms with Crippen molar-refractivity contribution in [3.63, 3.8) is 0 Å². The van der Waals surface area contributed by atoms with Crippen molar-refractivity contribution < 1.29 is 9.53 Å². The average Bonchev–Trinajstić information content (AvgIpc) is 3.26. The van der Waals surface area contributed by atoms with Crippen LogP contribution in [0.5, 0.6) is 0 Å². The molecule has 1 aliphatic carbocycles. The van der Waals surface area contributed by atoms with Crippen molar-refractivity contribution in [1.82, 2.24) is 14.3 Å². The summed E-state index contributed by atoms with van der Waals surface area (Å²) in [6.07, 6.45) is 4.89. The fraction of sp³-hybridized carbons (Fsp3) is 0.786. The van der Waals surface area contributed by atoms with Crippen molar-refractivity contribution in [2.24, 2.45) is 0 Å². The van der Waals surface area contributed by atoms with E-state index in [4.69, 9.17) is 4.74 Å². The molecule has 2 heterocycles. The third-order valence-electron chi connectivity index (χ3n) is 4.08. The SMILES string of the molecule is COCCC(=O)N1CCC(Nc2nc(C3CC3)ns2)CC1. The normalized spacial score (nSPS) is 19.8. The van der Waals surface area contributed by atoms with E-state index < -0.39 is 0 Å². The van der Waals surface area contributed by atoms with Gasteiger partial charge in [-0.05, 0) is 25.7 Å². The zero-order chi connectivity index (χ0) is 14.7. The number of carbonyl (C=O) groups excluding carboxylic acids is 1. The number of rotatable bonds is 6. The summed E-state index contributed by atoms with van der Waals surface area (Å²) in [4.78, 5) is 18.4. The summed E-state index contributed by atoms with van der Waals surface area (Å²) in [5.74, 6) is 1.81. The summed E-state index contributed by atoms with van der Waals surface area (Å²) in [6, 6.07) is 0.400. The quantitative estimate of drug-likeness (QED) is 0.868. The fourth-order valence-corrected chi connectivity index (χ4v) is 3.32. The maximum absolute atomic E-state index is 11.9. The zero-order valence-corrected chi connectivity index (χ0v) is 13.2. The Morgan fingerprint density at radius 1 is 1.38 bits per heavy atom. The maximum atomic E-state index is 11.9.